The lowest BCUT2D eigenvalue weighted by Gasteiger charge is -2.21. The number of aromatic nitrogens is 2. The summed E-state index contributed by atoms with van der Waals surface area (Å²) in [6, 6.07) is 1.95. The lowest BCUT2D eigenvalue weighted by Crippen LogP contribution is -2.34. The van der Waals surface area contributed by atoms with Crippen molar-refractivity contribution in [1.29, 1.82) is 0 Å². The number of aryl methyl sites for hydroxylation is 2. The number of anilines is 1. The van der Waals surface area contributed by atoms with E-state index < -0.39 is 0 Å². The molecule has 1 aromatic rings. The molecule has 5 heteroatoms. The van der Waals surface area contributed by atoms with Crippen LogP contribution in [0.25, 0.3) is 0 Å². The maximum absolute atomic E-state index is 11.5. The number of nitrogens with zero attached hydrogens (tertiary/aromatic N) is 3. The van der Waals surface area contributed by atoms with Crippen LogP contribution in [-0.4, -0.2) is 47.3 Å². The molecule has 0 spiro atoms. The van der Waals surface area contributed by atoms with Crippen molar-refractivity contribution in [2.45, 2.75) is 39.7 Å². The number of nitrogens with one attached hydrogen (secondary N) is 1. The molecule has 1 atom stereocenters. The van der Waals surface area contributed by atoms with Crippen molar-refractivity contribution in [3.8, 4) is 0 Å². The largest absolute Gasteiger partial charge is 0.354 e. The molecule has 1 rings (SSSR count). The zero-order valence-corrected chi connectivity index (χ0v) is 12.5. The van der Waals surface area contributed by atoms with Crippen LogP contribution in [0.5, 0.6) is 0 Å². The Morgan fingerprint density at radius 3 is 2.37 bits per heavy atom. The second kappa shape index (κ2) is 7.19. The molecule has 5 nitrogen and oxygen atoms in total. The second-order valence-electron chi connectivity index (χ2n) is 5.13. The van der Waals surface area contributed by atoms with Crippen LogP contribution < -0.4 is 5.32 Å². The molecular weight excluding hydrogens is 242 g/mol. The number of rotatable bonds is 7. The van der Waals surface area contributed by atoms with E-state index >= 15 is 0 Å². The quantitative estimate of drug-likeness (QED) is 0.463. The minimum Gasteiger partial charge on any atom is -0.354 e. The smallest absolute Gasteiger partial charge is 0.223 e. The van der Waals surface area contributed by atoms with Gasteiger partial charge in [-0.15, -0.1) is 0 Å². The predicted molar refractivity (Wildman–Crippen MR) is 77.4 cm³/mol. The van der Waals surface area contributed by atoms with Crippen LogP contribution in [-0.2, 0) is 4.79 Å². The maximum Gasteiger partial charge on any atom is 0.223 e. The van der Waals surface area contributed by atoms with Gasteiger partial charge in [-0.2, -0.15) is 0 Å². The highest BCUT2D eigenvalue weighted by molar-refractivity contribution is 5.81. The average Bonchev–Trinajstić information content (AvgIpc) is 2.26. The van der Waals surface area contributed by atoms with Crippen molar-refractivity contribution in [1.82, 2.24) is 14.9 Å². The Balaban J connectivity index is 2.40. The summed E-state index contributed by atoms with van der Waals surface area (Å²) in [6.07, 6.45) is 1.76. The summed E-state index contributed by atoms with van der Waals surface area (Å²) in [6.45, 7) is 6.33. The van der Waals surface area contributed by atoms with Gasteiger partial charge >= 0.3 is 0 Å². The number of hydrogen-bond acceptors (Lipinski definition) is 5. The van der Waals surface area contributed by atoms with Gasteiger partial charge in [0.15, 0.2) is 0 Å². The van der Waals surface area contributed by atoms with Crippen molar-refractivity contribution in [3.05, 3.63) is 17.5 Å². The number of carbonyl (C=O) groups is 1. The summed E-state index contributed by atoms with van der Waals surface area (Å²) >= 11 is 0. The van der Waals surface area contributed by atoms with Gasteiger partial charge in [-0.25, -0.2) is 9.97 Å². The molecule has 0 saturated carbocycles. The first-order chi connectivity index (χ1) is 8.90. The first-order valence-electron chi connectivity index (χ1n) is 6.63. The number of ketones is 1. The molecule has 19 heavy (non-hydrogen) atoms. The van der Waals surface area contributed by atoms with E-state index in [0.29, 0.717) is 5.95 Å². The Kier molecular flexibility index (Phi) is 5.89. The van der Waals surface area contributed by atoms with Gasteiger partial charge < -0.3 is 5.32 Å². The first-order valence-corrected chi connectivity index (χ1v) is 6.63. The minimum atomic E-state index is 0.00182. The summed E-state index contributed by atoms with van der Waals surface area (Å²) in [5, 5.41) is 3.21. The third-order valence-corrected chi connectivity index (χ3v) is 3.01. The van der Waals surface area contributed by atoms with Crippen molar-refractivity contribution >= 4 is 11.7 Å². The van der Waals surface area contributed by atoms with E-state index in [1.54, 1.807) is 6.92 Å². The lowest BCUT2D eigenvalue weighted by atomic mass is 10.2. The molecule has 0 aliphatic rings. The van der Waals surface area contributed by atoms with Crippen molar-refractivity contribution in [2.24, 2.45) is 0 Å². The zero-order valence-electron chi connectivity index (χ0n) is 12.5. The van der Waals surface area contributed by atoms with Gasteiger partial charge in [0, 0.05) is 17.9 Å². The Hall–Kier alpha value is -1.49. The SMILES string of the molecule is Cc1cc(C)nc(NCCCC([13C](C)=O)[15N](C)C)n1. The van der Waals surface area contributed by atoms with E-state index in [1.165, 1.54) is 0 Å². The summed E-state index contributed by atoms with van der Waals surface area (Å²) in [4.78, 5) is 22.1. The third kappa shape index (κ3) is 5.34. The van der Waals surface area contributed by atoms with Crippen LogP contribution >= 0.6 is 0 Å². The fourth-order valence-corrected chi connectivity index (χ4v) is 2.13. The zero-order chi connectivity index (χ0) is 14.4. The van der Waals surface area contributed by atoms with Crippen LogP contribution in [0, 0.1) is 13.8 Å². The Morgan fingerprint density at radius 2 is 1.89 bits per heavy atom. The Bertz CT molecular complexity index is 411. The molecule has 0 aliphatic heterocycles. The topological polar surface area (TPSA) is 58.1 Å². The van der Waals surface area contributed by atoms with E-state index in [9.17, 15) is 4.79 Å². The van der Waals surface area contributed by atoms with Crippen molar-refractivity contribution < 1.29 is 4.79 Å². The van der Waals surface area contributed by atoms with E-state index in [1.807, 2.05) is 38.9 Å². The number of hydrogen-bond donors (Lipinski definition) is 1. The standard InChI is InChI=1S/C14H24N4O/c1-10-9-11(2)17-14(16-10)15-8-6-7-13(12(3)19)18(4)5/h9,13H,6-8H2,1-5H3,(H,15,16,17)/i12+1,18+1. The molecule has 106 valence electrons. The fourth-order valence-electron chi connectivity index (χ4n) is 2.13. The first kappa shape index (κ1) is 15.6. The third-order valence-electron chi connectivity index (χ3n) is 3.01. The number of carbonyl (C=O) groups excluding carboxylic acids is 1. The van der Waals surface area contributed by atoms with Crippen LogP contribution in [0.4, 0.5) is 5.95 Å². The van der Waals surface area contributed by atoms with Crippen LogP contribution in [0.3, 0.4) is 0 Å². The Labute approximate surface area is 115 Å². The molecule has 0 bridgehead atoms. The van der Waals surface area contributed by atoms with Gasteiger partial charge in [-0.3, -0.25) is 9.69 Å². The average molecular weight is 266 g/mol. The van der Waals surface area contributed by atoms with Gasteiger partial charge in [0.2, 0.25) is 5.95 Å². The molecule has 0 saturated heterocycles. The van der Waals surface area contributed by atoms with Gasteiger partial charge in [0.1, 0.15) is 5.78 Å². The molecule has 1 heterocycles. The molecule has 1 N–H and O–H groups in total. The fraction of sp³-hybridized carbons (Fsp3) is 0.643. The molecule has 0 aromatic carbocycles. The Morgan fingerprint density at radius 1 is 1.32 bits per heavy atom. The van der Waals surface area contributed by atoms with Crippen LogP contribution in [0.15, 0.2) is 6.07 Å². The molecule has 0 aliphatic carbocycles. The van der Waals surface area contributed by atoms with E-state index in [0.717, 1.165) is 30.8 Å². The minimum absolute atomic E-state index is 0.00182. The van der Waals surface area contributed by atoms with Crippen molar-refractivity contribution in [3.63, 3.8) is 0 Å². The molecule has 0 fully saturated rings. The van der Waals surface area contributed by atoms with Gasteiger partial charge in [-0.1, -0.05) is 0 Å². The summed E-state index contributed by atoms with van der Waals surface area (Å²) in [5.41, 5.74) is 1.93. The van der Waals surface area contributed by atoms with Crippen molar-refractivity contribution in [2.75, 3.05) is 26.0 Å². The van der Waals surface area contributed by atoms with E-state index in [2.05, 4.69) is 15.3 Å². The van der Waals surface area contributed by atoms with E-state index in [4.69, 9.17) is 0 Å². The van der Waals surface area contributed by atoms with E-state index in [-0.39, 0.29) is 11.8 Å². The van der Waals surface area contributed by atoms with Crippen LogP contribution in [0.2, 0.25) is 0 Å². The summed E-state index contributed by atoms with van der Waals surface area (Å²) in [5.74, 6) is 0.884. The summed E-state index contributed by atoms with van der Waals surface area (Å²) < 4.78 is 0. The highest BCUT2D eigenvalue weighted by Crippen LogP contribution is 2.07. The van der Waals surface area contributed by atoms with Crippen LogP contribution in [0.1, 0.15) is 31.2 Å². The van der Waals surface area contributed by atoms with Gasteiger partial charge in [0.05, 0.1) is 6.04 Å². The molecule has 1 aromatic heterocycles. The molecule has 1 unspecified atom stereocenters. The number of likely N-dealkylation sites (N-methyl/N-ethyl adjacent to an activating group) is 1. The highest BCUT2D eigenvalue weighted by Gasteiger charge is 2.15. The highest BCUT2D eigenvalue weighted by atomic mass is 16.2. The summed E-state index contributed by atoms with van der Waals surface area (Å²) in [7, 11) is 3.87. The monoisotopic (exact) mass is 266 g/mol. The second-order valence-corrected chi connectivity index (χ2v) is 5.13. The molecule has 0 amide bonds. The maximum atomic E-state index is 11.5. The normalized spacial score (nSPS) is 12.5. The predicted octanol–water partition coefficient (Wildman–Crippen LogP) is 1.80. The number of Topliss-reactive ketones (excluding diaryl/α,β-unsaturated/α-hetero) is 1. The molecular formula is C14H24N4O. The van der Waals surface area contributed by atoms with Gasteiger partial charge in [0.25, 0.3) is 0 Å². The molecule has 0 radical (unpaired) electrons. The lowest BCUT2D eigenvalue weighted by molar-refractivity contribution is -0.121. The van der Waals surface area contributed by atoms with Gasteiger partial charge in [-0.05, 0) is 53.8 Å².